The summed E-state index contributed by atoms with van der Waals surface area (Å²) in [5.41, 5.74) is 2.02. The third kappa shape index (κ3) is 4.07. The molecule has 29 heavy (non-hydrogen) atoms. The minimum atomic E-state index is -0.904. The summed E-state index contributed by atoms with van der Waals surface area (Å²) in [7, 11) is 0.472. The molecule has 0 aliphatic carbocycles. The molecule has 0 spiro atoms. The van der Waals surface area contributed by atoms with Gasteiger partial charge in [-0.2, -0.15) is 0 Å². The molecule has 0 aromatic heterocycles. The highest BCUT2D eigenvalue weighted by Crippen LogP contribution is 2.28. The van der Waals surface area contributed by atoms with E-state index in [1.165, 1.54) is 32.7 Å². The van der Waals surface area contributed by atoms with Gasteiger partial charge in [-0.3, -0.25) is 0 Å². The van der Waals surface area contributed by atoms with Crippen LogP contribution in [0.3, 0.4) is 0 Å². The predicted molar refractivity (Wildman–Crippen MR) is 125 cm³/mol. The topological polar surface area (TPSA) is 29.5 Å². The fourth-order valence-electron chi connectivity index (χ4n) is 3.37. The van der Waals surface area contributed by atoms with Crippen molar-refractivity contribution in [1.82, 2.24) is 0 Å². The summed E-state index contributed by atoms with van der Waals surface area (Å²) in [5, 5.41) is 15.2. The van der Waals surface area contributed by atoms with Crippen molar-refractivity contribution in [3.05, 3.63) is 78.9 Å². The van der Waals surface area contributed by atoms with E-state index in [0.717, 1.165) is 5.46 Å². The standard InChI is InChI=1S/C26H27BO2/c1-25(2,28)26(3,4)29-27-24-14-13-22-16-21(11-12-23(22)17-24)20-10-9-18-7-5-6-8-19(18)15-20/h5-17,27-28H,1-4H3. The average Bonchev–Trinajstić information content (AvgIpc) is 2.70. The van der Waals surface area contributed by atoms with Gasteiger partial charge < -0.3 is 9.76 Å². The van der Waals surface area contributed by atoms with Crippen LogP contribution in [0.2, 0.25) is 0 Å². The van der Waals surface area contributed by atoms with E-state index in [0.29, 0.717) is 7.48 Å². The SMILES string of the molecule is CC(C)(O)C(C)(C)OBc1ccc2cc(-c3ccc4ccccc4c3)ccc2c1. The molecule has 4 aromatic carbocycles. The van der Waals surface area contributed by atoms with Crippen LogP contribution in [-0.4, -0.2) is 23.8 Å². The van der Waals surface area contributed by atoms with Gasteiger partial charge >= 0.3 is 7.48 Å². The van der Waals surface area contributed by atoms with E-state index in [1.807, 2.05) is 13.8 Å². The third-order valence-corrected chi connectivity index (χ3v) is 6.06. The summed E-state index contributed by atoms with van der Waals surface area (Å²) in [5.74, 6) is 0. The Hall–Kier alpha value is -2.62. The van der Waals surface area contributed by atoms with E-state index >= 15 is 0 Å². The first-order valence-electron chi connectivity index (χ1n) is 10.1. The van der Waals surface area contributed by atoms with E-state index in [-0.39, 0.29) is 0 Å². The van der Waals surface area contributed by atoms with Gasteiger partial charge in [-0.25, -0.2) is 0 Å². The summed E-state index contributed by atoms with van der Waals surface area (Å²) in [6, 6.07) is 28.1. The monoisotopic (exact) mass is 382 g/mol. The van der Waals surface area contributed by atoms with Gasteiger partial charge in [-0.15, -0.1) is 0 Å². The molecule has 0 aliphatic rings. The van der Waals surface area contributed by atoms with Crippen molar-refractivity contribution in [2.45, 2.75) is 38.9 Å². The van der Waals surface area contributed by atoms with Crippen LogP contribution in [0.4, 0.5) is 0 Å². The van der Waals surface area contributed by atoms with Gasteiger partial charge in [0.25, 0.3) is 0 Å². The van der Waals surface area contributed by atoms with Crippen molar-refractivity contribution in [2.24, 2.45) is 0 Å². The second kappa shape index (κ2) is 7.33. The van der Waals surface area contributed by atoms with Crippen LogP contribution < -0.4 is 5.46 Å². The average molecular weight is 382 g/mol. The van der Waals surface area contributed by atoms with E-state index in [9.17, 15) is 5.11 Å². The van der Waals surface area contributed by atoms with Gasteiger partial charge in [-0.1, -0.05) is 72.2 Å². The molecule has 4 rings (SSSR count). The van der Waals surface area contributed by atoms with Crippen LogP contribution in [0.15, 0.2) is 78.9 Å². The molecule has 3 heteroatoms. The second-order valence-electron chi connectivity index (χ2n) is 8.82. The molecule has 0 atom stereocenters. The normalized spacial score (nSPS) is 12.4. The van der Waals surface area contributed by atoms with E-state index in [1.54, 1.807) is 13.8 Å². The number of benzene rings is 4. The van der Waals surface area contributed by atoms with Crippen LogP contribution in [0.25, 0.3) is 32.7 Å². The lowest BCUT2D eigenvalue weighted by molar-refractivity contribution is -0.0893. The van der Waals surface area contributed by atoms with Crippen molar-refractivity contribution >= 4 is 34.5 Å². The summed E-state index contributed by atoms with van der Waals surface area (Å²) >= 11 is 0. The van der Waals surface area contributed by atoms with Crippen molar-refractivity contribution in [3.8, 4) is 11.1 Å². The molecule has 0 saturated heterocycles. The second-order valence-corrected chi connectivity index (χ2v) is 8.82. The molecule has 4 aromatic rings. The molecule has 0 saturated carbocycles. The van der Waals surface area contributed by atoms with E-state index in [2.05, 4.69) is 78.9 Å². The summed E-state index contributed by atoms with van der Waals surface area (Å²) in [4.78, 5) is 0. The van der Waals surface area contributed by atoms with Gasteiger partial charge in [-0.05, 0) is 72.5 Å². The van der Waals surface area contributed by atoms with Gasteiger partial charge in [0, 0.05) is 0 Å². The highest BCUT2D eigenvalue weighted by molar-refractivity contribution is 6.47. The van der Waals surface area contributed by atoms with Crippen LogP contribution in [0.5, 0.6) is 0 Å². The Bertz CT molecular complexity index is 1170. The van der Waals surface area contributed by atoms with Gasteiger partial charge in [0.05, 0.1) is 11.2 Å². The zero-order valence-corrected chi connectivity index (χ0v) is 17.6. The number of aliphatic hydroxyl groups is 1. The fraction of sp³-hybridized carbons (Fsp3) is 0.231. The molecule has 0 radical (unpaired) electrons. The zero-order valence-electron chi connectivity index (χ0n) is 17.6. The van der Waals surface area contributed by atoms with Gasteiger partial charge in [0.2, 0.25) is 0 Å². The highest BCUT2D eigenvalue weighted by atomic mass is 16.5. The van der Waals surface area contributed by atoms with Crippen molar-refractivity contribution < 1.29 is 9.76 Å². The van der Waals surface area contributed by atoms with Crippen LogP contribution in [0.1, 0.15) is 27.7 Å². The van der Waals surface area contributed by atoms with Crippen LogP contribution in [0, 0.1) is 0 Å². The van der Waals surface area contributed by atoms with Crippen molar-refractivity contribution in [2.75, 3.05) is 0 Å². The Labute approximate surface area is 173 Å². The maximum atomic E-state index is 10.3. The molecule has 1 N–H and O–H groups in total. The molecular weight excluding hydrogens is 355 g/mol. The first kappa shape index (κ1) is 19.7. The number of hydrogen-bond donors (Lipinski definition) is 1. The quantitative estimate of drug-likeness (QED) is 0.481. The minimum Gasteiger partial charge on any atom is -0.427 e. The summed E-state index contributed by atoms with van der Waals surface area (Å²) in [6.45, 7) is 7.40. The number of rotatable bonds is 5. The Morgan fingerprint density at radius 2 is 1.17 bits per heavy atom. The molecule has 0 heterocycles. The lowest BCUT2D eigenvalue weighted by Gasteiger charge is -2.37. The van der Waals surface area contributed by atoms with E-state index < -0.39 is 11.2 Å². The maximum absolute atomic E-state index is 10.3. The van der Waals surface area contributed by atoms with Crippen LogP contribution >= 0.6 is 0 Å². The smallest absolute Gasteiger partial charge is 0.309 e. The van der Waals surface area contributed by atoms with Gasteiger partial charge in [0.15, 0.2) is 0 Å². The van der Waals surface area contributed by atoms with E-state index in [4.69, 9.17) is 4.65 Å². The van der Waals surface area contributed by atoms with Crippen molar-refractivity contribution in [3.63, 3.8) is 0 Å². The molecule has 146 valence electrons. The maximum Gasteiger partial charge on any atom is 0.309 e. The molecule has 0 unspecified atom stereocenters. The Kier molecular flexibility index (Phi) is 4.98. The predicted octanol–water partition coefficient (Wildman–Crippen LogP) is 5.20. The molecule has 0 aliphatic heterocycles. The first-order valence-corrected chi connectivity index (χ1v) is 10.1. The Morgan fingerprint density at radius 1 is 0.655 bits per heavy atom. The van der Waals surface area contributed by atoms with Crippen LogP contribution in [-0.2, 0) is 4.65 Å². The molecule has 0 amide bonds. The first-order chi connectivity index (χ1) is 13.7. The number of fused-ring (bicyclic) bond motifs is 2. The summed E-state index contributed by atoms with van der Waals surface area (Å²) in [6.07, 6.45) is 0. The fourth-order valence-corrected chi connectivity index (χ4v) is 3.37. The zero-order chi connectivity index (χ0) is 20.6. The summed E-state index contributed by atoms with van der Waals surface area (Å²) < 4.78 is 6.01. The molecule has 0 bridgehead atoms. The molecule has 2 nitrogen and oxygen atoms in total. The lowest BCUT2D eigenvalue weighted by atomic mass is 9.82. The Morgan fingerprint density at radius 3 is 1.83 bits per heavy atom. The Balaban J connectivity index is 1.60. The van der Waals surface area contributed by atoms with Crippen molar-refractivity contribution in [1.29, 1.82) is 0 Å². The lowest BCUT2D eigenvalue weighted by Crippen LogP contribution is -2.49. The third-order valence-electron chi connectivity index (χ3n) is 6.06. The highest BCUT2D eigenvalue weighted by Gasteiger charge is 2.35. The minimum absolute atomic E-state index is 0.472. The number of hydrogen-bond acceptors (Lipinski definition) is 2. The molecule has 0 fully saturated rings. The molecular formula is C26H27BO2. The van der Waals surface area contributed by atoms with Gasteiger partial charge in [0.1, 0.15) is 0 Å². The largest absolute Gasteiger partial charge is 0.427 e.